The fourth-order valence-corrected chi connectivity index (χ4v) is 0.990. The summed E-state index contributed by atoms with van der Waals surface area (Å²) in [7, 11) is 0. The van der Waals surface area contributed by atoms with Crippen molar-refractivity contribution >= 4 is 5.97 Å². The largest absolute Gasteiger partial charge is 0.436 e. The maximum absolute atomic E-state index is 10.7. The quantitative estimate of drug-likeness (QED) is 0.463. The molecule has 0 saturated heterocycles. The van der Waals surface area contributed by atoms with Crippen molar-refractivity contribution in [2.75, 3.05) is 0 Å². The highest BCUT2D eigenvalue weighted by atomic mass is 16.8. The topological polar surface area (TPSA) is 44.8 Å². The van der Waals surface area contributed by atoms with Crippen LogP contribution in [0.1, 0.15) is 47.0 Å². The molecule has 0 aromatic carbocycles. The summed E-state index contributed by atoms with van der Waals surface area (Å²) in [6.07, 6.45) is 1.30. The van der Waals surface area contributed by atoms with Crippen LogP contribution in [0.5, 0.6) is 0 Å². The molecule has 0 saturated carbocycles. The molecule has 0 N–H and O–H groups in total. The summed E-state index contributed by atoms with van der Waals surface area (Å²) < 4.78 is 15.7. The molecule has 89 valence electrons. The van der Waals surface area contributed by atoms with Crippen LogP contribution in [-0.2, 0) is 19.0 Å². The van der Waals surface area contributed by atoms with E-state index in [0.717, 1.165) is 6.42 Å². The average molecular weight is 217 g/mol. The monoisotopic (exact) mass is 217 g/mol. The van der Waals surface area contributed by atoms with Crippen molar-refractivity contribution in [3.8, 4) is 0 Å². The molecule has 2 unspecified atom stereocenters. The zero-order chi connectivity index (χ0) is 11.7. The third-order valence-electron chi connectivity index (χ3n) is 1.68. The Morgan fingerprint density at radius 3 is 2.20 bits per heavy atom. The number of hydrogen-bond donors (Lipinski definition) is 0. The molecule has 1 radical (unpaired) electrons. The summed E-state index contributed by atoms with van der Waals surface area (Å²) in [6.45, 7) is 8.88. The van der Waals surface area contributed by atoms with Gasteiger partial charge in [0.1, 0.15) is 0 Å². The smallest absolute Gasteiger partial charge is 0.304 e. The number of carbonyl (C=O) groups excluding carboxylic acids is 1. The molecule has 0 bridgehead atoms. The Balaban J connectivity index is 3.93. The first-order valence-corrected chi connectivity index (χ1v) is 5.43. The molecule has 0 aliphatic rings. The summed E-state index contributed by atoms with van der Waals surface area (Å²) in [5.41, 5.74) is 0. The van der Waals surface area contributed by atoms with Crippen LogP contribution in [0.25, 0.3) is 0 Å². The van der Waals surface area contributed by atoms with E-state index in [9.17, 15) is 4.79 Å². The van der Waals surface area contributed by atoms with Crippen LogP contribution in [0, 0.1) is 6.61 Å². The summed E-state index contributed by atoms with van der Waals surface area (Å²) in [5.74, 6) is -0.337. The highest BCUT2D eigenvalue weighted by molar-refractivity contribution is 5.66. The minimum Gasteiger partial charge on any atom is -0.436 e. The van der Waals surface area contributed by atoms with Gasteiger partial charge >= 0.3 is 5.97 Å². The third-order valence-corrected chi connectivity index (χ3v) is 1.68. The molecule has 0 aromatic rings. The third kappa shape index (κ3) is 7.33. The van der Waals surface area contributed by atoms with Crippen molar-refractivity contribution in [3.63, 3.8) is 0 Å². The molecule has 15 heavy (non-hydrogen) atoms. The van der Waals surface area contributed by atoms with E-state index in [1.54, 1.807) is 6.61 Å². The molecule has 0 heterocycles. The summed E-state index contributed by atoms with van der Waals surface area (Å²) in [6, 6.07) is 0. The second kappa shape index (κ2) is 8.68. The van der Waals surface area contributed by atoms with E-state index >= 15 is 0 Å². The van der Waals surface area contributed by atoms with E-state index in [4.69, 9.17) is 14.2 Å². The van der Waals surface area contributed by atoms with Gasteiger partial charge < -0.3 is 14.2 Å². The van der Waals surface area contributed by atoms with Crippen LogP contribution < -0.4 is 0 Å². The van der Waals surface area contributed by atoms with Crippen LogP contribution in [0.3, 0.4) is 0 Å². The van der Waals surface area contributed by atoms with Gasteiger partial charge in [0, 0.05) is 13.3 Å². The summed E-state index contributed by atoms with van der Waals surface area (Å²) >= 11 is 0. The molecule has 0 fully saturated rings. The number of ether oxygens (including phenoxy) is 3. The Labute approximate surface area is 91.9 Å². The summed E-state index contributed by atoms with van der Waals surface area (Å²) in [4.78, 5) is 10.7. The highest BCUT2D eigenvalue weighted by Crippen LogP contribution is 2.10. The average Bonchev–Trinajstić information content (AvgIpc) is 2.21. The van der Waals surface area contributed by atoms with Gasteiger partial charge in [-0.1, -0.05) is 20.8 Å². The van der Waals surface area contributed by atoms with E-state index < -0.39 is 6.29 Å². The maximum Gasteiger partial charge on any atom is 0.304 e. The fourth-order valence-electron chi connectivity index (χ4n) is 0.990. The van der Waals surface area contributed by atoms with Gasteiger partial charge in [-0.3, -0.25) is 4.79 Å². The normalized spacial score (nSPS) is 14.7. The Morgan fingerprint density at radius 1 is 1.20 bits per heavy atom. The number of rotatable bonds is 8. The van der Waals surface area contributed by atoms with Gasteiger partial charge in [-0.2, -0.15) is 0 Å². The van der Waals surface area contributed by atoms with Gasteiger partial charge in [0.25, 0.3) is 0 Å². The number of carbonyl (C=O) groups is 1. The van der Waals surface area contributed by atoms with Gasteiger partial charge in [-0.15, -0.1) is 0 Å². The molecule has 0 spiro atoms. The fraction of sp³-hybridized carbons (Fsp3) is 0.818. The lowest BCUT2D eigenvalue weighted by atomic mass is 10.4. The SMILES string of the molecule is CC[CH]OC(CC)OC(CC)OC(C)=O. The lowest BCUT2D eigenvalue weighted by Crippen LogP contribution is -2.26. The molecular weight excluding hydrogens is 196 g/mol. The van der Waals surface area contributed by atoms with Crippen LogP contribution in [-0.4, -0.2) is 18.5 Å². The highest BCUT2D eigenvalue weighted by Gasteiger charge is 2.16. The van der Waals surface area contributed by atoms with E-state index in [2.05, 4.69) is 0 Å². The number of esters is 1. The molecule has 0 rings (SSSR count). The van der Waals surface area contributed by atoms with E-state index in [1.165, 1.54) is 6.92 Å². The Hall–Kier alpha value is -0.610. The molecule has 4 heteroatoms. The van der Waals surface area contributed by atoms with Crippen molar-refractivity contribution in [2.24, 2.45) is 0 Å². The minimum atomic E-state index is -0.516. The van der Waals surface area contributed by atoms with E-state index in [-0.39, 0.29) is 12.3 Å². The molecule has 4 nitrogen and oxygen atoms in total. The molecule has 2 atom stereocenters. The van der Waals surface area contributed by atoms with Crippen molar-refractivity contribution in [1.82, 2.24) is 0 Å². The van der Waals surface area contributed by atoms with Gasteiger partial charge in [0.15, 0.2) is 6.29 Å². The standard InChI is InChI=1S/C11H21O4/c1-5-8-13-10(6-2)15-11(7-3)14-9(4)12/h8,10-11H,5-7H2,1-4H3. The van der Waals surface area contributed by atoms with Gasteiger partial charge in [0.2, 0.25) is 6.29 Å². The molecule has 0 aliphatic carbocycles. The van der Waals surface area contributed by atoms with Crippen LogP contribution in [0.4, 0.5) is 0 Å². The van der Waals surface area contributed by atoms with Gasteiger partial charge in [-0.25, -0.2) is 0 Å². The Kier molecular flexibility index (Phi) is 8.33. The second-order valence-corrected chi connectivity index (χ2v) is 3.13. The van der Waals surface area contributed by atoms with Gasteiger partial charge in [0.05, 0.1) is 6.61 Å². The van der Waals surface area contributed by atoms with Crippen LogP contribution >= 0.6 is 0 Å². The van der Waals surface area contributed by atoms with E-state index in [1.807, 2.05) is 20.8 Å². The maximum atomic E-state index is 10.7. The number of hydrogen-bond acceptors (Lipinski definition) is 4. The first-order chi connectivity index (χ1) is 7.13. The molecular formula is C11H21O4. The van der Waals surface area contributed by atoms with Gasteiger partial charge in [-0.05, 0) is 12.8 Å². The predicted octanol–water partition coefficient (Wildman–Crippen LogP) is 2.63. The van der Waals surface area contributed by atoms with Crippen molar-refractivity contribution in [1.29, 1.82) is 0 Å². The molecule has 0 amide bonds. The van der Waals surface area contributed by atoms with Crippen molar-refractivity contribution in [3.05, 3.63) is 6.61 Å². The summed E-state index contributed by atoms with van der Waals surface area (Å²) in [5, 5.41) is 0. The molecule has 0 aliphatic heterocycles. The minimum absolute atomic E-state index is 0.337. The van der Waals surface area contributed by atoms with Crippen LogP contribution in [0.2, 0.25) is 0 Å². The van der Waals surface area contributed by atoms with Crippen molar-refractivity contribution in [2.45, 2.75) is 59.5 Å². The molecule has 0 aromatic heterocycles. The van der Waals surface area contributed by atoms with Crippen molar-refractivity contribution < 1.29 is 19.0 Å². The van der Waals surface area contributed by atoms with E-state index in [0.29, 0.717) is 12.8 Å². The lowest BCUT2D eigenvalue weighted by molar-refractivity contribution is -0.233. The first-order valence-electron chi connectivity index (χ1n) is 5.43. The predicted molar refractivity (Wildman–Crippen MR) is 56.7 cm³/mol. The zero-order valence-electron chi connectivity index (χ0n) is 9.99. The van der Waals surface area contributed by atoms with Crippen LogP contribution in [0.15, 0.2) is 0 Å². The second-order valence-electron chi connectivity index (χ2n) is 3.13. The zero-order valence-corrected chi connectivity index (χ0v) is 9.99. The Morgan fingerprint density at radius 2 is 1.80 bits per heavy atom. The Bertz CT molecular complexity index is 170. The lowest BCUT2D eigenvalue weighted by Gasteiger charge is -2.22. The first kappa shape index (κ1) is 14.4.